The van der Waals surface area contributed by atoms with E-state index in [1.807, 2.05) is 13.8 Å². The third-order valence-corrected chi connectivity index (χ3v) is 4.68. The summed E-state index contributed by atoms with van der Waals surface area (Å²) in [5.41, 5.74) is 3.81. The van der Waals surface area contributed by atoms with Crippen LogP contribution < -0.4 is 4.90 Å². The Morgan fingerprint density at radius 2 is 2.10 bits per heavy atom. The van der Waals surface area contributed by atoms with Gasteiger partial charge < -0.3 is 9.80 Å². The smallest absolute Gasteiger partial charge is 0.229 e. The first-order chi connectivity index (χ1) is 9.49. The van der Waals surface area contributed by atoms with Gasteiger partial charge in [-0.2, -0.15) is 0 Å². The van der Waals surface area contributed by atoms with Gasteiger partial charge in [-0.1, -0.05) is 31.5 Å². The fourth-order valence-electron chi connectivity index (χ4n) is 3.65. The van der Waals surface area contributed by atoms with E-state index in [2.05, 4.69) is 42.0 Å². The first-order valence-corrected chi connectivity index (χ1v) is 7.61. The van der Waals surface area contributed by atoms with Crippen LogP contribution in [0.3, 0.4) is 0 Å². The molecule has 0 aliphatic carbocycles. The number of hydrogen-bond acceptors (Lipinski definition) is 2. The van der Waals surface area contributed by atoms with E-state index in [4.69, 9.17) is 0 Å². The topological polar surface area (TPSA) is 23.6 Å². The molecule has 0 radical (unpaired) electrons. The van der Waals surface area contributed by atoms with Crippen molar-refractivity contribution in [3.8, 4) is 0 Å². The van der Waals surface area contributed by atoms with Gasteiger partial charge in [0, 0.05) is 30.1 Å². The maximum Gasteiger partial charge on any atom is 0.229 e. The fourth-order valence-corrected chi connectivity index (χ4v) is 3.65. The Bertz CT molecular complexity index is 538. The van der Waals surface area contributed by atoms with Gasteiger partial charge in [-0.25, -0.2) is 0 Å². The molecule has 2 atom stereocenters. The van der Waals surface area contributed by atoms with E-state index >= 15 is 0 Å². The van der Waals surface area contributed by atoms with Crippen LogP contribution in [0.1, 0.15) is 37.3 Å². The summed E-state index contributed by atoms with van der Waals surface area (Å²) in [6.07, 6.45) is 1.08. The zero-order chi connectivity index (χ0) is 14.4. The van der Waals surface area contributed by atoms with E-state index in [1.165, 1.54) is 11.1 Å². The number of piperidine rings is 1. The Morgan fingerprint density at radius 1 is 1.35 bits per heavy atom. The van der Waals surface area contributed by atoms with Crippen molar-refractivity contribution in [1.82, 2.24) is 4.90 Å². The summed E-state index contributed by atoms with van der Waals surface area (Å²) in [4.78, 5) is 17.1. The number of carbonyl (C=O) groups is 1. The number of rotatable bonds is 1. The van der Waals surface area contributed by atoms with Crippen molar-refractivity contribution in [2.45, 2.75) is 39.2 Å². The van der Waals surface area contributed by atoms with Crippen LogP contribution in [0.5, 0.6) is 0 Å². The maximum absolute atomic E-state index is 12.6. The van der Waals surface area contributed by atoms with Gasteiger partial charge in [0.1, 0.15) is 0 Å². The first kappa shape index (κ1) is 13.6. The second-order valence-electron chi connectivity index (χ2n) is 6.65. The third-order valence-electron chi connectivity index (χ3n) is 4.68. The van der Waals surface area contributed by atoms with Crippen molar-refractivity contribution in [2.24, 2.45) is 5.92 Å². The van der Waals surface area contributed by atoms with Crippen LogP contribution in [0.4, 0.5) is 5.69 Å². The van der Waals surface area contributed by atoms with E-state index in [0.717, 1.165) is 25.2 Å². The molecule has 2 aliphatic rings. The molecule has 0 aromatic heterocycles. The van der Waals surface area contributed by atoms with Crippen LogP contribution in [-0.2, 0) is 4.79 Å². The number of likely N-dealkylation sites (tertiary alicyclic amines) is 1. The minimum atomic E-state index is 0.0579. The molecule has 1 fully saturated rings. The van der Waals surface area contributed by atoms with Crippen molar-refractivity contribution in [1.29, 1.82) is 0 Å². The molecule has 108 valence electrons. The summed E-state index contributed by atoms with van der Waals surface area (Å²) in [7, 11) is 2.18. The van der Waals surface area contributed by atoms with Crippen LogP contribution in [-0.4, -0.2) is 37.0 Å². The number of amides is 1. The number of hydrogen-bond donors (Lipinski definition) is 0. The summed E-state index contributed by atoms with van der Waals surface area (Å²) in [6.45, 7) is 8.27. The van der Waals surface area contributed by atoms with E-state index in [9.17, 15) is 4.79 Å². The highest BCUT2D eigenvalue weighted by Crippen LogP contribution is 2.45. The zero-order valence-electron chi connectivity index (χ0n) is 12.9. The average molecular weight is 272 g/mol. The highest BCUT2D eigenvalue weighted by molar-refractivity contribution is 5.98. The molecule has 0 bridgehead atoms. The Morgan fingerprint density at radius 3 is 2.80 bits per heavy atom. The van der Waals surface area contributed by atoms with Gasteiger partial charge in [0.05, 0.1) is 0 Å². The summed E-state index contributed by atoms with van der Waals surface area (Å²) in [6, 6.07) is 6.90. The molecule has 2 heterocycles. The molecular formula is C17H24N2O. The number of fused-ring (bicyclic) bond motifs is 3. The lowest BCUT2D eigenvalue weighted by Gasteiger charge is -2.37. The zero-order valence-corrected chi connectivity index (χ0v) is 12.9. The summed E-state index contributed by atoms with van der Waals surface area (Å²) >= 11 is 0. The predicted octanol–water partition coefficient (Wildman–Crippen LogP) is 2.79. The second kappa shape index (κ2) is 4.88. The fraction of sp³-hybridized carbons (Fsp3) is 0.588. The van der Waals surface area contributed by atoms with Gasteiger partial charge in [0.15, 0.2) is 0 Å². The normalized spacial score (nSPS) is 25.8. The number of aryl methyl sites for hydroxylation is 1. The average Bonchev–Trinajstić information content (AvgIpc) is 2.71. The molecule has 0 spiro atoms. The van der Waals surface area contributed by atoms with Crippen molar-refractivity contribution >= 4 is 11.6 Å². The highest BCUT2D eigenvalue weighted by atomic mass is 16.2. The molecule has 2 aliphatic heterocycles. The lowest BCUT2D eigenvalue weighted by molar-refractivity contribution is -0.122. The van der Waals surface area contributed by atoms with Crippen LogP contribution in [0.15, 0.2) is 18.2 Å². The van der Waals surface area contributed by atoms with Crippen LogP contribution in [0, 0.1) is 12.8 Å². The molecule has 1 aromatic rings. The van der Waals surface area contributed by atoms with Crippen LogP contribution in [0.25, 0.3) is 0 Å². The molecule has 1 amide bonds. The Hall–Kier alpha value is -1.35. The molecule has 3 nitrogen and oxygen atoms in total. The summed E-state index contributed by atoms with van der Waals surface area (Å²) < 4.78 is 0. The van der Waals surface area contributed by atoms with Gasteiger partial charge in [0.25, 0.3) is 0 Å². The molecule has 0 unspecified atom stereocenters. The van der Waals surface area contributed by atoms with Crippen molar-refractivity contribution in [2.75, 3.05) is 25.0 Å². The van der Waals surface area contributed by atoms with Crippen molar-refractivity contribution < 1.29 is 4.79 Å². The lowest BCUT2D eigenvalue weighted by Crippen LogP contribution is -2.48. The molecule has 3 heteroatoms. The molecular weight excluding hydrogens is 248 g/mol. The van der Waals surface area contributed by atoms with E-state index in [0.29, 0.717) is 12.0 Å². The second-order valence-corrected chi connectivity index (χ2v) is 6.65. The van der Waals surface area contributed by atoms with Crippen molar-refractivity contribution in [3.63, 3.8) is 0 Å². The standard InChI is InChI=1S/C17H24N2O/c1-11(2)17(20)19-15-6-5-12(3)9-13(15)14-10-18(4)8-7-16(14)19/h5-6,9,11,14,16H,7-8,10H2,1-4H3/t14-,16-/m0/s1. The van der Waals surface area contributed by atoms with Gasteiger partial charge in [-0.05, 0) is 38.6 Å². The molecule has 0 N–H and O–H groups in total. The monoisotopic (exact) mass is 272 g/mol. The largest absolute Gasteiger partial charge is 0.308 e. The third kappa shape index (κ3) is 2.05. The van der Waals surface area contributed by atoms with Crippen LogP contribution in [0.2, 0.25) is 0 Å². The van der Waals surface area contributed by atoms with Crippen LogP contribution >= 0.6 is 0 Å². The molecule has 3 rings (SSSR count). The first-order valence-electron chi connectivity index (χ1n) is 7.61. The van der Waals surface area contributed by atoms with Gasteiger partial charge in [-0.3, -0.25) is 4.79 Å². The lowest BCUT2D eigenvalue weighted by atomic mass is 9.88. The summed E-state index contributed by atoms with van der Waals surface area (Å²) in [5.74, 6) is 0.807. The van der Waals surface area contributed by atoms with E-state index in [1.54, 1.807) is 0 Å². The number of nitrogens with zero attached hydrogens (tertiary/aromatic N) is 2. The SMILES string of the molecule is Cc1ccc2c(c1)[C@@H]1CN(C)CC[C@@H]1N2C(=O)C(C)C. The maximum atomic E-state index is 12.6. The Kier molecular flexibility index (Phi) is 3.33. The predicted molar refractivity (Wildman–Crippen MR) is 82.1 cm³/mol. The number of anilines is 1. The quantitative estimate of drug-likeness (QED) is 0.785. The highest BCUT2D eigenvalue weighted by Gasteiger charge is 2.44. The Balaban J connectivity index is 2.06. The van der Waals surface area contributed by atoms with E-state index in [-0.39, 0.29) is 11.8 Å². The number of likely N-dealkylation sites (N-methyl/N-ethyl adjacent to an activating group) is 1. The number of benzene rings is 1. The molecule has 0 saturated carbocycles. The minimum Gasteiger partial charge on any atom is -0.308 e. The summed E-state index contributed by atoms with van der Waals surface area (Å²) in [5, 5.41) is 0. The minimum absolute atomic E-state index is 0.0579. The van der Waals surface area contributed by atoms with Gasteiger partial charge >= 0.3 is 0 Å². The van der Waals surface area contributed by atoms with E-state index < -0.39 is 0 Å². The van der Waals surface area contributed by atoms with Gasteiger partial charge in [-0.15, -0.1) is 0 Å². The molecule has 20 heavy (non-hydrogen) atoms. The Labute approximate surface area is 121 Å². The molecule has 1 aromatic carbocycles. The number of carbonyl (C=O) groups excluding carboxylic acids is 1. The molecule has 1 saturated heterocycles. The van der Waals surface area contributed by atoms with Crippen molar-refractivity contribution in [3.05, 3.63) is 29.3 Å². The van der Waals surface area contributed by atoms with Gasteiger partial charge in [0.2, 0.25) is 5.91 Å².